The van der Waals surface area contributed by atoms with Crippen LogP contribution < -0.4 is 0 Å². The number of halogens is 4. The third-order valence-corrected chi connectivity index (χ3v) is 5.92. The lowest BCUT2D eigenvalue weighted by molar-refractivity contribution is -0.00929. The minimum Gasteiger partial charge on any atom is -0.390 e. The highest BCUT2D eigenvalue weighted by molar-refractivity contribution is 6.36. The van der Waals surface area contributed by atoms with E-state index in [1.165, 1.54) is 0 Å². The third kappa shape index (κ3) is 8.38. The van der Waals surface area contributed by atoms with Crippen molar-refractivity contribution in [3.63, 3.8) is 0 Å². The van der Waals surface area contributed by atoms with Gasteiger partial charge >= 0.3 is 0 Å². The van der Waals surface area contributed by atoms with E-state index in [2.05, 4.69) is 0 Å². The van der Waals surface area contributed by atoms with Gasteiger partial charge in [0.2, 0.25) is 0 Å². The molecule has 0 aliphatic rings. The number of rotatable bonds is 6. The maximum atomic E-state index is 9.90. The summed E-state index contributed by atoms with van der Waals surface area (Å²) in [5, 5.41) is 40.7. The second-order valence-electron chi connectivity index (χ2n) is 7.63. The molecule has 0 spiro atoms. The second-order valence-corrected chi connectivity index (χ2v) is 9.26. The predicted octanol–water partition coefficient (Wildman–Crippen LogP) is 6.72. The maximum Gasteiger partial charge on any atom is 0.108 e. The Kier molecular flexibility index (Phi) is 13.6. The maximum absolute atomic E-state index is 9.90. The van der Waals surface area contributed by atoms with Crippen molar-refractivity contribution >= 4 is 46.4 Å². The number of hydrogen-bond donors (Lipinski definition) is 4. The molecule has 0 saturated heterocycles. The molecule has 4 N–H and O–H groups in total. The quantitative estimate of drug-likeness (QED) is 0.345. The van der Waals surface area contributed by atoms with Gasteiger partial charge in [-0.25, -0.2) is 0 Å². The first kappa shape index (κ1) is 30.4. The molecule has 0 unspecified atom stereocenters. The minimum absolute atomic E-state index is 0. The summed E-state index contributed by atoms with van der Waals surface area (Å²) in [6, 6.07) is 9.95. The Morgan fingerprint density at radius 3 is 0.968 bits per heavy atom. The summed E-state index contributed by atoms with van der Waals surface area (Å²) in [5.41, 5.74) is 0.782. The molecule has 176 valence electrons. The average molecular weight is 514 g/mol. The minimum atomic E-state index is -1.05. The van der Waals surface area contributed by atoms with Crippen molar-refractivity contribution in [2.45, 2.75) is 59.5 Å². The van der Waals surface area contributed by atoms with Crippen LogP contribution in [0.4, 0.5) is 0 Å². The van der Waals surface area contributed by atoms with Crippen LogP contribution in [0.25, 0.3) is 0 Å². The summed E-state index contributed by atoms with van der Waals surface area (Å²) in [4.78, 5) is 0. The van der Waals surface area contributed by atoms with Gasteiger partial charge in [-0.15, -0.1) is 0 Å². The average Bonchev–Trinajstić information content (AvgIpc) is 2.66. The zero-order valence-corrected chi connectivity index (χ0v) is 20.3. The van der Waals surface area contributed by atoms with Gasteiger partial charge in [0.25, 0.3) is 0 Å². The Morgan fingerprint density at radius 2 is 0.774 bits per heavy atom. The first-order valence-corrected chi connectivity index (χ1v) is 11.0. The van der Waals surface area contributed by atoms with E-state index < -0.39 is 24.4 Å². The van der Waals surface area contributed by atoms with Crippen molar-refractivity contribution in [3.05, 3.63) is 67.6 Å². The van der Waals surface area contributed by atoms with Gasteiger partial charge in [0.15, 0.2) is 0 Å². The Labute approximate surface area is 205 Å². The molecular weight excluding hydrogens is 482 g/mol. The fourth-order valence-electron chi connectivity index (χ4n) is 2.66. The van der Waals surface area contributed by atoms with E-state index in [1.807, 2.05) is 27.7 Å². The first-order chi connectivity index (χ1) is 13.9. The van der Waals surface area contributed by atoms with E-state index in [1.54, 1.807) is 36.4 Å². The van der Waals surface area contributed by atoms with Crippen LogP contribution in [0.15, 0.2) is 36.4 Å². The molecule has 0 bridgehead atoms. The van der Waals surface area contributed by atoms with Crippen LogP contribution in [0.1, 0.15) is 58.5 Å². The molecule has 2 aromatic carbocycles. The largest absolute Gasteiger partial charge is 0.390 e. The molecule has 31 heavy (non-hydrogen) atoms. The van der Waals surface area contributed by atoms with Crippen LogP contribution in [0.5, 0.6) is 0 Å². The standard InChI is InChI=1S/2C11H14Cl2O2.CH4/c2*1-6(2)10(14)11(15)9-7(12)4-3-5-8(9)13;/h2*3-6,10-11,14-15H,1-2H3;1H4/t2*10-,11-;/m10./s1. The molecule has 4 atom stereocenters. The fourth-order valence-corrected chi connectivity index (χ4v) is 3.90. The van der Waals surface area contributed by atoms with Gasteiger partial charge in [-0.1, -0.05) is 93.7 Å². The van der Waals surface area contributed by atoms with Crippen LogP contribution in [0.2, 0.25) is 20.1 Å². The van der Waals surface area contributed by atoms with Gasteiger partial charge in [0, 0.05) is 31.2 Å². The third-order valence-electron chi connectivity index (χ3n) is 4.60. The van der Waals surface area contributed by atoms with E-state index >= 15 is 0 Å². The van der Waals surface area contributed by atoms with Crippen molar-refractivity contribution in [2.75, 3.05) is 0 Å². The highest BCUT2D eigenvalue weighted by Crippen LogP contribution is 2.34. The van der Waals surface area contributed by atoms with Crippen molar-refractivity contribution in [3.8, 4) is 0 Å². The Hall–Kier alpha value is -0.560. The molecular formula is C23H32Cl4O4. The molecule has 0 heterocycles. The van der Waals surface area contributed by atoms with Gasteiger partial charge in [-0.2, -0.15) is 0 Å². The topological polar surface area (TPSA) is 80.9 Å². The van der Waals surface area contributed by atoms with Gasteiger partial charge in [0.05, 0.1) is 12.2 Å². The lowest BCUT2D eigenvalue weighted by Gasteiger charge is -2.22. The Bertz CT molecular complexity index is 706. The van der Waals surface area contributed by atoms with Gasteiger partial charge in [-0.3, -0.25) is 0 Å². The van der Waals surface area contributed by atoms with E-state index in [4.69, 9.17) is 46.4 Å². The Morgan fingerprint density at radius 1 is 0.548 bits per heavy atom. The molecule has 0 saturated carbocycles. The van der Waals surface area contributed by atoms with E-state index in [9.17, 15) is 20.4 Å². The van der Waals surface area contributed by atoms with Crippen LogP contribution in [-0.2, 0) is 0 Å². The smallest absolute Gasteiger partial charge is 0.108 e. The SMILES string of the molecule is C.CC(C)[C@@H](O)[C@H](O)c1c(Cl)cccc1Cl.CC(C)[C@H](O)[C@@H](O)c1c(Cl)cccc1Cl. The highest BCUT2D eigenvalue weighted by atomic mass is 35.5. The van der Waals surface area contributed by atoms with Crippen LogP contribution >= 0.6 is 46.4 Å². The summed E-state index contributed by atoms with van der Waals surface area (Å²) in [6.45, 7) is 7.27. The molecule has 2 aromatic rings. The van der Waals surface area contributed by atoms with Gasteiger partial charge < -0.3 is 20.4 Å². The summed E-state index contributed by atoms with van der Waals surface area (Å²) >= 11 is 23.7. The number of aliphatic hydroxyl groups excluding tert-OH is 4. The summed E-state index contributed by atoms with van der Waals surface area (Å²) in [6.07, 6.45) is -3.85. The molecule has 8 heteroatoms. The summed E-state index contributed by atoms with van der Waals surface area (Å²) in [5.74, 6) is -0.125. The monoisotopic (exact) mass is 512 g/mol. The van der Waals surface area contributed by atoms with Crippen LogP contribution in [0.3, 0.4) is 0 Å². The van der Waals surface area contributed by atoms with E-state index in [-0.39, 0.29) is 19.3 Å². The van der Waals surface area contributed by atoms with Crippen LogP contribution in [0, 0.1) is 11.8 Å². The van der Waals surface area contributed by atoms with Crippen molar-refractivity contribution in [1.29, 1.82) is 0 Å². The van der Waals surface area contributed by atoms with E-state index in [0.29, 0.717) is 31.2 Å². The first-order valence-electron chi connectivity index (χ1n) is 9.50. The normalized spacial score (nSPS) is 14.9. The molecule has 0 aromatic heterocycles. The summed E-state index contributed by atoms with van der Waals surface area (Å²) in [7, 11) is 0. The van der Waals surface area contributed by atoms with Crippen molar-refractivity contribution in [1.82, 2.24) is 0 Å². The highest BCUT2D eigenvalue weighted by Gasteiger charge is 2.26. The number of aliphatic hydroxyl groups is 4. The predicted molar refractivity (Wildman–Crippen MR) is 131 cm³/mol. The lowest BCUT2D eigenvalue weighted by Crippen LogP contribution is -2.24. The number of hydrogen-bond acceptors (Lipinski definition) is 4. The molecule has 0 aliphatic heterocycles. The summed E-state index contributed by atoms with van der Waals surface area (Å²) < 4.78 is 0. The van der Waals surface area contributed by atoms with Crippen molar-refractivity contribution in [2.24, 2.45) is 11.8 Å². The number of benzene rings is 2. The molecule has 4 nitrogen and oxygen atoms in total. The van der Waals surface area contributed by atoms with Gasteiger partial charge in [-0.05, 0) is 36.1 Å². The molecule has 0 aliphatic carbocycles. The second kappa shape index (κ2) is 13.9. The van der Waals surface area contributed by atoms with Crippen LogP contribution in [-0.4, -0.2) is 32.6 Å². The Balaban J connectivity index is 0.000000562. The zero-order chi connectivity index (χ0) is 23.2. The zero-order valence-electron chi connectivity index (χ0n) is 17.2. The van der Waals surface area contributed by atoms with Crippen molar-refractivity contribution < 1.29 is 20.4 Å². The van der Waals surface area contributed by atoms with E-state index in [0.717, 1.165) is 0 Å². The lowest BCUT2D eigenvalue weighted by atomic mass is 9.96. The van der Waals surface area contributed by atoms with Gasteiger partial charge in [0.1, 0.15) is 12.2 Å². The molecule has 2 rings (SSSR count). The molecule has 0 amide bonds. The molecule has 0 radical (unpaired) electrons. The molecule has 0 fully saturated rings. The fraction of sp³-hybridized carbons (Fsp3) is 0.478.